The molecule has 0 N–H and O–H groups in total. The largest absolute Gasteiger partial charge is 0.343 e. The van der Waals surface area contributed by atoms with Crippen LogP contribution in [-0.4, -0.2) is 29.6 Å². The van der Waals surface area contributed by atoms with E-state index < -0.39 is 0 Å². The standard InChI is InChI=1S/C16H19FN2/c1-18-8-7-11-5-6-13(17)15-12-3-2-4-14(12)19(10-9-18)16(11)15/h5-6H,2-4,7-10H2,1H3. The van der Waals surface area contributed by atoms with Crippen LogP contribution in [0.25, 0.3) is 10.9 Å². The van der Waals surface area contributed by atoms with E-state index in [0.29, 0.717) is 0 Å². The average Bonchev–Trinajstić information content (AvgIpc) is 2.94. The van der Waals surface area contributed by atoms with Crippen LogP contribution in [0.5, 0.6) is 0 Å². The molecule has 2 aliphatic rings. The molecule has 0 saturated carbocycles. The number of rotatable bonds is 0. The number of fused-ring (bicyclic) bond motifs is 3. The fraction of sp³-hybridized carbons (Fsp3) is 0.500. The number of benzene rings is 1. The SMILES string of the molecule is CN1CCc2ccc(F)c3c4c(n(c23)CC1)CCC4. The molecule has 1 aliphatic carbocycles. The second-order valence-corrected chi connectivity index (χ2v) is 5.91. The van der Waals surface area contributed by atoms with Gasteiger partial charge in [-0.25, -0.2) is 4.39 Å². The van der Waals surface area contributed by atoms with Crippen molar-refractivity contribution >= 4 is 10.9 Å². The lowest BCUT2D eigenvalue weighted by Crippen LogP contribution is -2.28. The molecular formula is C16H19FN2. The number of hydrogen-bond acceptors (Lipinski definition) is 1. The maximum Gasteiger partial charge on any atom is 0.132 e. The van der Waals surface area contributed by atoms with Gasteiger partial charge in [0, 0.05) is 30.7 Å². The summed E-state index contributed by atoms with van der Waals surface area (Å²) in [5, 5.41) is 0.926. The van der Waals surface area contributed by atoms with Crippen molar-refractivity contribution in [1.82, 2.24) is 9.47 Å². The minimum atomic E-state index is -0.0235. The van der Waals surface area contributed by atoms with Gasteiger partial charge in [-0.15, -0.1) is 0 Å². The molecule has 1 aromatic carbocycles. The molecule has 2 nitrogen and oxygen atoms in total. The lowest BCUT2D eigenvalue weighted by atomic mass is 10.0. The van der Waals surface area contributed by atoms with E-state index in [-0.39, 0.29) is 5.82 Å². The monoisotopic (exact) mass is 258 g/mol. The normalized spacial score (nSPS) is 19.5. The van der Waals surface area contributed by atoms with Crippen LogP contribution >= 0.6 is 0 Å². The summed E-state index contributed by atoms with van der Waals surface area (Å²) < 4.78 is 16.7. The Morgan fingerprint density at radius 3 is 2.84 bits per heavy atom. The number of halogens is 1. The van der Waals surface area contributed by atoms with Gasteiger partial charge in [-0.3, -0.25) is 0 Å². The molecule has 0 spiro atoms. The van der Waals surface area contributed by atoms with Crippen LogP contribution in [0.4, 0.5) is 4.39 Å². The van der Waals surface area contributed by atoms with E-state index in [0.717, 1.165) is 44.3 Å². The summed E-state index contributed by atoms with van der Waals surface area (Å²) in [6.45, 7) is 3.13. The van der Waals surface area contributed by atoms with Crippen LogP contribution in [0.3, 0.4) is 0 Å². The van der Waals surface area contributed by atoms with Gasteiger partial charge < -0.3 is 9.47 Å². The zero-order chi connectivity index (χ0) is 13.0. The number of aryl methyl sites for hydroxylation is 1. The molecule has 0 atom stereocenters. The molecule has 0 radical (unpaired) electrons. The third-order valence-corrected chi connectivity index (χ3v) is 4.77. The highest BCUT2D eigenvalue weighted by Gasteiger charge is 2.26. The van der Waals surface area contributed by atoms with Crippen molar-refractivity contribution < 1.29 is 4.39 Å². The summed E-state index contributed by atoms with van der Waals surface area (Å²) in [6, 6.07) is 3.66. The smallest absolute Gasteiger partial charge is 0.132 e. The van der Waals surface area contributed by atoms with Gasteiger partial charge in [0.25, 0.3) is 0 Å². The number of aromatic nitrogens is 1. The van der Waals surface area contributed by atoms with Crippen molar-refractivity contribution in [1.29, 1.82) is 0 Å². The van der Waals surface area contributed by atoms with Gasteiger partial charge in [-0.1, -0.05) is 6.07 Å². The second kappa shape index (κ2) is 4.07. The van der Waals surface area contributed by atoms with Crippen molar-refractivity contribution in [3.8, 4) is 0 Å². The van der Waals surface area contributed by atoms with Gasteiger partial charge in [0.1, 0.15) is 5.82 Å². The minimum absolute atomic E-state index is 0.0235. The van der Waals surface area contributed by atoms with Crippen LogP contribution in [0, 0.1) is 5.82 Å². The molecule has 2 aromatic rings. The van der Waals surface area contributed by atoms with Crippen molar-refractivity contribution in [3.63, 3.8) is 0 Å². The number of nitrogens with zero attached hydrogens (tertiary/aromatic N) is 2. The first kappa shape index (κ1) is 11.5. The molecule has 2 heterocycles. The van der Waals surface area contributed by atoms with Crippen LogP contribution in [0.1, 0.15) is 23.2 Å². The molecule has 100 valence electrons. The fourth-order valence-electron chi connectivity index (χ4n) is 3.78. The molecule has 4 rings (SSSR count). The zero-order valence-corrected chi connectivity index (χ0v) is 11.4. The van der Waals surface area contributed by atoms with Crippen LogP contribution in [-0.2, 0) is 25.8 Å². The Hall–Kier alpha value is -1.35. The summed E-state index contributed by atoms with van der Waals surface area (Å²) in [7, 11) is 2.18. The van der Waals surface area contributed by atoms with Gasteiger partial charge in [0.15, 0.2) is 0 Å². The predicted octanol–water partition coefficient (Wildman–Crippen LogP) is 2.76. The van der Waals surface area contributed by atoms with Gasteiger partial charge in [-0.05, 0) is 49.9 Å². The quantitative estimate of drug-likeness (QED) is 0.705. The van der Waals surface area contributed by atoms with Gasteiger partial charge >= 0.3 is 0 Å². The van der Waals surface area contributed by atoms with Crippen LogP contribution in [0.15, 0.2) is 12.1 Å². The van der Waals surface area contributed by atoms with Crippen molar-refractivity contribution in [2.24, 2.45) is 0 Å². The molecule has 1 aliphatic heterocycles. The second-order valence-electron chi connectivity index (χ2n) is 5.91. The van der Waals surface area contributed by atoms with E-state index in [2.05, 4.69) is 16.5 Å². The number of hydrogen-bond donors (Lipinski definition) is 0. The molecule has 3 heteroatoms. The molecule has 0 unspecified atom stereocenters. The van der Waals surface area contributed by atoms with Gasteiger partial charge in [0.05, 0.1) is 5.52 Å². The lowest BCUT2D eigenvalue weighted by molar-refractivity contribution is 0.318. The van der Waals surface area contributed by atoms with E-state index in [9.17, 15) is 4.39 Å². The summed E-state index contributed by atoms with van der Waals surface area (Å²) in [5.41, 5.74) is 5.20. The Morgan fingerprint density at radius 1 is 1.05 bits per heavy atom. The Labute approximate surface area is 112 Å². The van der Waals surface area contributed by atoms with E-state index in [1.165, 1.54) is 28.8 Å². The van der Waals surface area contributed by atoms with Crippen molar-refractivity contribution in [3.05, 3.63) is 34.8 Å². The van der Waals surface area contributed by atoms with E-state index >= 15 is 0 Å². The van der Waals surface area contributed by atoms with Crippen LogP contribution in [0.2, 0.25) is 0 Å². The third kappa shape index (κ3) is 1.57. The Balaban J connectivity index is 2.06. The maximum absolute atomic E-state index is 14.3. The van der Waals surface area contributed by atoms with E-state index in [1.54, 1.807) is 6.07 Å². The average molecular weight is 258 g/mol. The lowest BCUT2D eigenvalue weighted by Gasteiger charge is -2.23. The molecule has 1 aromatic heterocycles. The zero-order valence-electron chi connectivity index (χ0n) is 11.4. The Morgan fingerprint density at radius 2 is 1.95 bits per heavy atom. The first-order valence-electron chi connectivity index (χ1n) is 7.25. The van der Waals surface area contributed by atoms with Crippen molar-refractivity contribution in [2.45, 2.75) is 32.2 Å². The summed E-state index contributed by atoms with van der Waals surface area (Å²) in [5.74, 6) is -0.0235. The highest BCUT2D eigenvalue weighted by atomic mass is 19.1. The molecule has 19 heavy (non-hydrogen) atoms. The third-order valence-electron chi connectivity index (χ3n) is 4.77. The Bertz CT molecular complexity index is 657. The number of likely N-dealkylation sites (N-methyl/N-ethyl adjacent to an activating group) is 1. The van der Waals surface area contributed by atoms with E-state index in [4.69, 9.17) is 0 Å². The molecule has 0 amide bonds. The summed E-state index contributed by atoms with van der Waals surface area (Å²) in [4.78, 5) is 2.37. The molecule has 0 bridgehead atoms. The molecule has 0 fully saturated rings. The predicted molar refractivity (Wildman–Crippen MR) is 75.1 cm³/mol. The van der Waals surface area contributed by atoms with E-state index in [1.807, 2.05) is 6.07 Å². The summed E-state index contributed by atoms with van der Waals surface area (Å²) >= 11 is 0. The highest BCUT2D eigenvalue weighted by molar-refractivity contribution is 5.89. The van der Waals surface area contributed by atoms with Crippen LogP contribution < -0.4 is 0 Å². The first-order chi connectivity index (χ1) is 9.25. The molecular weight excluding hydrogens is 239 g/mol. The summed E-state index contributed by atoms with van der Waals surface area (Å²) in [6.07, 6.45) is 4.37. The fourth-order valence-corrected chi connectivity index (χ4v) is 3.78. The first-order valence-corrected chi connectivity index (χ1v) is 7.25. The van der Waals surface area contributed by atoms with Crippen molar-refractivity contribution in [2.75, 3.05) is 20.1 Å². The van der Waals surface area contributed by atoms with Gasteiger partial charge in [0.2, 0.25) is 0 Å². The minimum Gasteiger partial charge on any atom is -0.343 e. The Kier molecular flexibility index (Phi) is 2.46. The molecule has 0 saturated heterocycles. The topological polar surface area (TPSA) is 8.17 Å². The highest BCUT2D eigenvalue weighted by Crippen LogP contribution is 2.37. The maximum atomic E-state index is 14.3. The van der Waals surface area contributed by atoms with Gasteiger partial charge in [-0.2, -0.15) is 0 Å².